The van der Waals surface area contributed by atoms with Crippen LogP contribution in [0.2, 0.25) is 0 Å². The smallest absolute Gasteiger partial charge is 0.410 e. The summed E-state index contributed by atoms with van der Waals surface area (Å²) < 4.78 is 5.36. The SMILES string of the molecule is Cc1ccc(OC(=O)N(C)C2CCSSC2)cc1. The average molecular weight is 283 g/mol. The maximum Gasteiger partial charge on any atom is 0.415 e. The van der Waals surface area contributed by atoms with Gasteiger partial charge in [0, 0.05) is 24.6 Å². The summed E-state index contributed by atoms with van der Waals surface area (Å²) in [7, 11) is 5.51. The fourth-order valence-corrected chi connectivity index (χ4v) is 4.22. The molecule has 1 heterocycles. The standard InChI is InChI=1S/C13H17NO2S2/c1-10-3-5-12(6-4-10)16-13(15)14(2)11-7-8-17-18-9-11/h3-6,11H,7-9H2,1-2H3. The molecule has 0 spiro atoms. The minimum absolute atomic E-state index is 0.267. The summed E-state index contributed by atoms with van der Waals surface area (Å²) in [5, 5.41) is 0. The van der Waals surface area contributed by atoms with Crippen LogP contribution in [0, 0.1) is 6.92 Å². The summed E-state index contributed by atoms with van der Waals surface area (Å²) in [5.41, 5.74) is 1.16. The molecule has 0 aromatic heterocycles. The van der Waals surface area contributed by atoms with E-state index in [1.54, 1.807) is 4.90 Å². The number of amides is 1. The Bertz CT molecular complexity index is 402. The van der Waals surface area contributed by atoms with E-state index >= 15 is 0 Å². The molecule has 5 heteroatoms. The highest BCUT2D eigenvalue weighted by molar-refractivity contribution is 8.76. The molecule has 0 saturated carbocycles. The van der Waals surface area contributed by atoms with Crippen molar-refractivity contribution in [3.8, 4) is 5.75 Å². The minimum atomic E-state index is -0.267. The van der Waals surface area contributed by atoms with Crippen molar-refractivity contribution in [1.29, 1.82) is 0 Å². The van der Waals surface area contributed by atoms with Crippen LogP contribution in [0.15, 0.2) is 24.3 Å². The van der Waals surface area contributed by atoms with Gasteiger partial charge in [-0.05, 0) is 25.5 Å². The number of nitrogens with zero attached hydrogens (tertiary/aromatic N) is 1. The Labute approximate surface area is 116 Å². The van der Waals surface area contributed by atoms with E-state index in [9.17, 15) is 4.79 Å². The van der Waals surface area contributed by atoms with Gasteiger partial charge in [-0.25, -0.2) is 4.79 Å². The Morgan fingerprint density at radius 2 is 2.06 bits per heavy atom. The van der Waals surface area contributed by atoms with E-state index in [1.807, 2.05) is 59.8 Å². The summed E-state index contributed by atoms with van der Waals surface area (Å²) in [5.74, 6) is 2.68. The second-order valence-electron chi connectivity index (χ2n) is 4.34. The molecule has 0 bridgehead atoms. The number of benzene rings is 1. The normalized spacial score (nSPS) is 19.3. The average Bonchev–Trinajstić information content (AvgIpc) is 2.41. The highest BCUT2D eigenvalue weighted by Gasteiger charge is 2.24. The lowest BCUT2D eigenvalue weighted by Crippen LogP contribution is -2.41. The Balaban J connectivity index is 1.92. The lowest BCUT2D eigenvalue weighted by atomic mass is 10.2. The van der Waals surface area contributed by atoms with Gasteiger partial charge >= 0.3 is 6.09 Å². The van der Waals surface area contributed by atoms with E-state index in [2.05, 4.69) is 0 Å². The Morgan fingerprint density at radius 3 is 2.67 bits per heavy atom. The second kappa shape index (κ2) is 6.38. The topological polar surface area (TPSA) is 29.5 Å². The quantitative estimate of drug-likeness (QED) is 0.776. The molecule has 0 N–H and O–H groups in total. The van der Waals surface area contributed by atoms with Crippen molar-refractivity contribution in [3.63, 3.8) is 0 Å². The highest BCUT2D eigenvalue weighted by atomic mass is 33.1. The highest BCUT2D eigenvalue weighted by Crippen LogP contribution is 2.31. The van der Waals surface area contributed by atoms with Gasteiger partial charge in [0.15, 0.2) is 0 Å². The van der Waals surface area contributed by atoms with Gasteiger partial charge in [-0.2, -0.15) is 0 Å². The number of hydrogen-bond donors (Lipinski definition) is 0. The van der Waals surface area contributed by atoms with Crippen LogP contribution >= 0.6 is 21.6 Å². The van der Waals surface area contributed by atoms with Crippen molar-refractivity contribution in [2.24, 2.45) is 0 Å². The van der Waals surface area contributed by atoms with E-state index in [-0.39, 0.29) is 12.1 Å². The van der Waals surface area contributed by atoms with Crippen LogP contribution in [0.3, 0.4) is 0 Å². The van der Waals surface area contributed by atoms with Crippen molar-refractivity contribution in [3.05, 3.63) is 29.8 Å². The van der Waals surface area contributed by atoms with E-state index in [0.717, 1.165) is 23.5 Å². The lowest BCUT2D eigenvalue weighted by molar-refractivity contribution is 0.148. The maximum atomic E-state index is 12.0. The molecule has 1 amide bonds. The monoisotopic (exact) mass is 283 g/mol. The van der Waals surface area contributed by atoms with E-state index in [4.69, 9.17) is 4.74 Å². The summed E-state index contributed by atoms with van der Waals surface area (Å²) in [6, 6.07) is 7.82. The Kier molecular flexibility index (Phi) is 4.83. The predicted octanol–water partition coefficient (Wildman–Crippen LogP) is 3.58. The first-order valence-electron chi connectivity index (χ1n) is 5.92. The van der Waals surface area contributed by atoms with Gasteiger partial charge in [-0.1, -0.05) is 39.3 Å². The first-order valence-corrected chi connectivity index (χ1v) is 8.41. The number of carbonyl (C=O) groups excluding carboxylic acids is 1. The largest absolute Gasteiger partial charge is 0.415 e. The van der Waals surface area contributed by atoms with Gasteiger partial charge in [-0.3, -0.25) is 0 Å². The van der Waals surface area contributed by atoms with Gasteiger partial charge < -0.3 is 9.64 Å². The van der Waals surface area contributed by atoms with Crippen LogP contribution in [0.4, 0.5) is 4.79 Å². The first-order chi connectivity index (χ1) is 8.66. The zero-order valence-electron chi connectivity index (χ0n) is 10.6. The molecule has 1 aliphatic heterocycles. The molecule has 1 unspecified atom stereocenters. The molecule has 1 aromatic carbocycles. The van der Waals surface area contributed by atoms with E-state index < -0.39 is 0 Å². The third kappa shape index (κ3) is 3.59. The first kappa shape index (κ1) is 13.6. The van der Waals surface area contributed by atoms with Gasteiger partial charge in [0.05, 0.1) is 0 Å². The molecule has 1 saturated heterocycles. The van der Waals surface area contributed by atoms with Crippen LogP contribution in [-0.2, 0) is 0 Å². The lowest BCUT2D eigenvalue weighted by Gasteiger charge is -2.29. The molecule has 3 nitrogen and oxygen atoms in total. The van der Waals surface area contributed by atoms with Crippen LogP contribution < -0.4 is 4.74 Å². The Hall–Kier alpha value is -0.810. The fourth-order valence-electron chi connectivity index (χ4n) is 1.69. The second-order valence-corrected chi connectivity index (χ2v) is 6.97. The summed E-state index contributed by atoms with van der Waals surface area (Å²) >= 11 is 0. The van der Waals surface area contributed by atoms with Gasteiger partial charge in [0.25, 0.3) is 0 Å². The molecule has 1 atom stereocenters. The number of carbonyl (C=O) groups is 1. The molecule has 1 fully saturated rings. The van der Waals surface area contributed by atoms with Crippen LogP contribution in [0.5, 0.6) is 5.75 Å². The molecular weight excluding hydrogens is 266 g/mol. The molecule has 1 aromatic rings. The van der Waals surface area contributed by atoms with Gasteiger partial charge in [0.2, 0.25) is 0 Å². The molecule has 2 rings (SSSR count). The number of ether oxygens (including phenoxy) is 1. The third-order valence-corrected chi connectivity index (χ3v) is 5.44. The van der Waals surface area contributed by atoms with Crippen molar-refractivity contribution >= 4 is 27.7 Å². The molecule has 0 radical (unpaired) electrons. The molecule has 0 aliphatic carbocycles. The maximum absolute atomic E-state index is 12.0. The van der Waals surface area contributed by atoms with Crippen LogP contribution in [-0.4, -0.2) is 35.6 Å². The molecular formula is C13H17NO2S2. The van der Waals surface area contributed by atoms with Crippen LogP contribution in [0.1, 0.15) is 12.0 Å². The number of hydrogen-bond acceptors (Lipinski definition) is 4. The fraction of sp³-hybridized carbons (Fsp3) is 0.462. The van der Waals surface area contributed by atoms with Crippen molar-refractivity contribution in [2.75, 3.05) is 18.6 Å². The number of aryl methyl sites for hydroxylation is 1. The van der Waals surface area contributed by atoms with Crippen molar-refractivity contribution < 1.29 is 9.53 Å². The molecule has 98 valence electrons. The summed E-state index contributed by atoms with van der Waals surface area (Å²) in [6.07, 6.45) is 0.772. The van der Waals surface area contributed by atoms with Gasteiger partial charge in [-0.15, -0.1) is 0 Å². The van der Waals surface area contributed by atoms with E-state index in [1.165, 1.54) is 0 Å². The third-order valence-electron chi connectivity index (χ3n) is 2.94. The molecule has 1 aliphatic rings. The van der Waals surface area contributed by atoms with Crippen molar-refractivity contribution in [1.82, 2.24) is 4.90 Å². The predicted molar refractivity (Wildman–Crippen MR) is 78.3 cm³/mol. The van der Waals surface area contributed by atoms with Crippen LogP contribution in [0.25, 0.3) is 0 Å². The van der Waals surface area contributed by atoms with Crippen molar-refractivity contribution in [2.45, 2.75) is 19.4 Å². The zero-order valence-corrected chi connectivity index (χ0v) is 12.2. The minimum Gasteiger partial charge on any atom is -0.410 e. The zero-order chi connectivity index (χ0) is 13.0. The summed E-state index contributed by atoms with van der Waals surface area (Å²) in [6.45, 7) is 2.01. The van der Waals surface area contributed by atoms with Gasteiger partial charge in [0.1, 0.15) is 5.75 Å². The van der Waals surface area contributed by atoms with E-state index in [0.29, 0.717) is 5.75 Å². The summed E-state index contributed by atoms with van der Waals surface area (Å²) in [4.78, 5) is 13.7. The Morgan fingerprint density at radius 1 is 1.33 bits per heavy atom. The number of rotatable bonds is 2. The molecule has 18 heavy (non-hydrogen) atoms.